The average molecular weight is 300 g/mol. The second-order valence-corrected chi connectivity index (χ2v) is 5.70. The van der Waals surface area contributed by atoms with Gasteiger partial charge in [-0.05, 0) is 43.2 Å². The SMILES string of the molecule is Cc1sc(NC(=O)/C=C\c2ccc(F)cc2)c(C#N)c1C. The zero-order valence-electron chi connectivity index (χ0n) is 11.6. The molecule has 0 aliphatic carbocycles. The molecule has 21 heavy (non-hydrogen) atoms. The largest absolute Gasteiger partial charge is 0.313 e. The molecule has 0 bridgehead atoms. The van der Waals surface area contributed by atoms with Crippen molar-refractivity contribution < 1.29 is 9.18 Å². The molecule has 3 nitrogen and oxygen atoms in total. The molecule has 2 rings (SSSR count). The number of nitrogens with one attached hydrogen (secondary N) is 1. The van der Waals surface area contributed by atoms with E-state index in [1.165, 1.54) is 29.5 Å². The van der Waals surface area contributed by atoms with Gasteiger partial charge in [0, 0.05) is 11.0 Å². The Balaban J connectivity index is 2.10. The van der Waals surface area contributed by atoms with Crippen molar-refractivity contribution in [2.24, 2.45) is 0 Å². The van der Waals surface area contributed by atoms with Crippen LogP contribution in [0, 0.1) is 31.0 Å². The normalized spacial score (nSPS) is 10.6. The molecule has 0 radical (unpaired) electrons. The fourth-order valence-electron chi connectivity index (χ4n) is 1.75. The highest BCUT2D eigenvalue weighted by molar-refractivity contribution is 7.16. The fourth-order valence-corrected chi connectivity index (χ4v) is 2.76. The molecule has 1 aromatic carbocycles. The van der Waals surface area contributed by atoms with Crippen molar-refractivity contribution in [3.63, 3.8) is 0 Å². The van der Waals surface area contributed by atoms with E-state index in [-0.39, 0.29) is 11.7 Å². The predicted molar refractivity (Wildman–Crippen MR) is 82.6 cm³/mol. The van der Waals surface area contributed by atoms with Crippen LogP contribution in [0.3, 0.4) is 0 Å². The van der Waals surface area contributed by atoms with Gasteiger partial charge in [-0.1, -0.05) is 12.1 Å². The van der Waals surface area contributed by atoms with Crippen LogP contribution in [0.1, 0.15) is 21.6 Å². The standard InChI is InChI=1S/C16H13FN2OS/c1-10-11(2)21-16(14(10)9-18)19-15(20)8-5-12-3-6-13(17)7-4-12/h3-8H,1-2H3,(H,19,20)/b8-5-. The van der Waals surface area contributed by atoms with E-state index >= 15 is 0 Å². The highest BCUT2D eigenvalue weighted by Gasteiger charge is 2.13. The van der Waals surface area contributed by atoms with Crippen LogP contribution in [-0.2, 0) is 4.79 Å². The number of rotatable bonds is 3. The number of carbonyl (C=O) groups is 1. The van der Waals surface area contributed by atoms with Gasteiger partial charge in [0.15, 0.2) is 0 Å². The smallest absolute Gasteiger partial charge is 0.249 e. The minimum atomic E-state index is -0.322. The number of nitrogens with zero attached hydrogens (tertiary/aromatic N) is 1. The van der Waals surface area contributed by atoms with Crippen molar-refractivity contribution in [2.75, 3.05) is 5.32 Å². The van der Waals surface area contributed by atoms with Crippen molar-refractivity contribution in [3.8, 4) is 6.07 Å². The predicted octanol–water partition coefficient (Wildman–Crippen LogP) is 4.03. The molecule has 2 aromatic rings. The van der Waals surface area contributed by atoms with E-state index in [1.54, 1.807) is 18.2 Å². The minimum absolute atomic E-state index is 0.320. The highest BCUT2D eigenvalue weighted by Crippen LogP contribution is 2.31. The van der Waals surface area contributed by atoms with Gasteiger partial charge in [0.05, 0.1) is 5.56 Å². The minimum Gasteiger partial charge on any atom is -0.313 e. The highest BCUT2D eigenvalue weighted by atomic mass is 32.1. The Labute approximate surface area is 126 Å². The van der Waals surface area contributed by atoms with Crippen LogP contribution in [0.25, 0.3) is 6.08 Å². The lowest BCUT2D eigenvalue weighted by Crippen LogP contribution is -2.07. The van der Waals surface area contributed by atoms with Gasteiger partial charge in [0.2, 0.25) is 5.91 Å². The van der Waals surface area contributed by atoms with Gasteiger partial charge >= 0.3 is 0 Å². The van der Waals surface area contributed by atoms with Crippen molar-refractivity contribution in [3.05, 3.63) is 57.7 Å². The number of thiophene rings is 1. The number of amides is 1. The summed E-state index contributed by atoms with van der Waals surface area (Å²) >= 11 is 1.38. The van der Waals surface area contributed by atoms with Crippen molar-refractivity contribution >= 4 is 28.3 Å². The topological polar surface area (TPSA) is 52.9 Å². The van der Waals surface area contributed by atoms with Crippen molar-refractivity contribution in [2.45, 2.75) is 13.8 Å². The molecule has 0 aliphatic heterocycles. The van der Waals surface area contributed by atoms with Crippen LogP contribution in [0.5, 0.6) is 0 Å². The molecule has 0 spiro atoms. The molecule has 0 saturated carbocycles. The summed E-state index contributed by atoms with van der Waals surface area (Å²) in [5.74, 6) is -0.642. The monoisotopic (exact) mass is 300 g/mol. The van der Waals surface area contributed by atoms with Gasteiger partial charge < -0.3 is 5.32 Å². The number of benzene rings is 1. The summed E-state index contributed by atoms with van der Waals surface area (Å²) in [7, 11) is 0. The molecular formula is C16H13FN2OS. The van der Waals surface area contributed by atoms with Crippen molar-refractivity contribution in [1.29, 1.82) is 5.26 Å². The molecule has 1 aromatic heterocycles. The molecular weight excluding hydrogens is 287 g/mol. The van der Waals surface area contributed by atoms with Gasteiger partial charge in [0.25, 0.3) is 0 Å². The third-order valence-corrected chi connectivity index (χ3v) is 4.15. The van der Waals surface area contributed by atoms with E-state index < -0.39 is 0 Å². The Bertz CT molecular complexity index is 739. The van der Waals surface area contributed by atoms with Crippen LogP contribution in [-0.4, -0.2) is 5.91 Å². The Morgan fingerprint density at radius 2 is 2.00 bits per heavy atom. The van der Waals surface area contributed by atoms with E-state index in [1.807, 2.05) is 13.8 Å². The summed E-state index contributed by atoms with van der Waals surface area (Å²) in [5, 5.41) is 12.4. The summed E-state index contributed by atoms with van der Waals surface area (Å²) in [4.78, 5) is 12.9. The van der Waals surface area contributed by atoms with Crippen molar-refractivity contribution in [1.82, 2.24) is 0 Å². The molecule has 0 atom stereocenters. The molecule has 106 valence electrons. The maximum Gasteiger partial charge on any atom is 0.249 e. The molecule has 1 N–H and O–H groups in total. The zero-order valence-corrected chi connectivity index (χ0v) is 12.4. The Kier molecular flexibility index (Phi) is 4.51. The zero-order chi connectivity index (χ0) is 15.4. The van der Waals surface area contributed by atoms with Gasteiger partial charge in [-0.2, -0.15) is 5.26 Å². The van der Waals surface area contributed by atoms with Gasteiger partial charge in [0.1, 0.15) is 16.9 Å². The number of carbonyl (C=O) groups excluding carboxylic acids is 1. The van der Waals surface area contributed by atoms with Crippen LogP contribution >= 0.6 is 11.3 Å². The first-order chi connectivity index (χ1) is 10.0. The van der Waals surface area contributed by atoms with Gasteiger partial charge in [-0.15, -0.1) is 11.3 Å². The average Bonchev–Trinajstić information content (AvgIpc) is 2.72. The number of hydrogen-bond acceptors (Lipinski definition) is 3. The third kappa shape index (κ3) is 3.56. The van der Waals surface area contributed by atoms with Crippen LogP contribution in [0.4, 0.5) is 9.39 Å². The lowest BCUT2D eigenvalue weighted by molar-refractivity contribution is -0.111. The summed E-state index contributed by atoms with van der Waals surface area (Å²) in [6.45, 7) is 3.76. The molecule has 0 unspecified atom stereocenters. The second-order valence-electron chi connectivity index (χ2n) is 4.47. The third-order valence-electron chi connectivity index (χ3n) is 3.03. The maximum atomic E-state index is 12.8. The first kappa shape index (κ1) is 14.9. The quantitative estimate of drug-likeness (QED) is 0.870. The van der Waals surface area contributed by atoms with Crippen LogP contribution in [0.2, 0.25) is 0 Å². The van der Waals surface area contributed by atoms with Crippen LogP contribution in [0.15, 0.2) is 30.3 Å². The van der Waals surface area contributed by atoms with Gasteiger partial charge in [-0.25, -0.2) is 4.39 Å². The summed E-state index contributed by atoms with van der Waals surface area (Å²) in [6, 6.07) is 7.93. The molecule has 1 amide bonds. The fraction of sp³-hybridized carbons (Fsp3) is 0.125. The number of hydrogen-bond donors (Lipinski definition) is 1. The Morgan fingerprint density at radius 1 is 1.33 bits per heavy atom. The molecule has 0 fully saturated rings. The van der Waals surface area contributed by atoms with E-state index in [2.05, 4.69) is 11.4 Å². The molecule has 0 aliphatic rings. The first-order valence-electron chi connectivity index (χ1n) is 6.26. The van der Waals surface area contributed by atoms with E-state index in [9.17, 15) is 9.18 Å². The first-order valence-corrected chi connectivity index (χ1v) is 7.07. The van der Waals surface area contributed by atoms with E-state index in [0.29, 0.717) is 10.6 Å². The number of nitriles is 1. The summed E-state index contributed by atoms with van der Waals surface area (Å²) in [5.41, 5.74) is 2.12. The number of halogens is 1. The van der Waals surface area contributed by atoms with E-state index in [4.69, 9.17) is 5.26 Å². The van der Waals surface area contributed by atoms with E-state index in [0.717, 1.165) is 16.0 Å². The molecule has 1 heterocycles. The van der Waals surface area contributed by atoms with Gasteiger partial charge in [-0.3, -0.25) is 4.79 Å². The second kappa shape index (κ2) is 6.33. The summed E-state index contributed by atoms with van der Waals surface area (Å²) in [6.07, 6.45) is 2.95. The Hall–Kier alpha value is -2.45. The number of aryl methyl sites for hydroxylation is 1. The summed E-state index contributed by atoms with van der Waals surface area (Å²) < 4.78 is 12.8. The number of anilines is 1. The maximum absolute atomic E-state index is 12.8. The Morgan fingerprint density at radius 3 is 2.62 bits per heavy atom. The lowest BCUT2D eigenvalue weighted by atomic mass is 10.2. The molecule has 0 saturated heterocycles. The van der Waals surface area contributed by atoms with Crippen LogP contribution < -0.4 is 5.32 Å². The lowest BCUT2D eigenvalue weighted by Gasteiger charge is -1.99. The molecule has 5 heteroatoms.